The van der Waals surface area contributed by atoms with Crippen LogP contribution in [0.5, 0.6) is 17.2 Å². The van der Waals surface area contributed by atoms with Gasteiger partial charge in [0.05, 0.1) is 14.2 Å². The Morgan fingerprint density at radius 3 is 2.13 bits per heavy atom. The summed E-state index contributed by atoms with van der Waals surface area (Å²) in [5.41, 5.74) is 1.75. The van der Waals surface area contributed by atoms with Gasteiger partial charge in [-0.25, -0.2) is 0 Å². The van der Waals surface area contributed by atoms with E-state index in [0.717, 1.165) is 17.5 Å². The summed E-state index contributed by atoms with van der Waals surface area (Å²) in [5, 5.41) is 3.61. The molecule has 8 heteroatoms. The topological polar surface area (TPSA) is 77.1 Å². The van der Waals surface area contributed by atoms with Crippen molar-refractivity contribution >= 4 is 23.4 Å². The number of carbonyl (C=O) groups excluding carboxylic acids is 2. The zero-order valence-corrected chi connectivity index (χ0v) is 23.0. The van der Waals surface area contributed by atoms with E-state index in [2.05, 4.69) is 5.32 Å². The highest BCUT2D eigenvalue weighted by molar-refractivity contribution is 6.30. The van der Waals surface area contributed by atoms with Gasteiger partial charge in [0, 0.05) is 42.2 Å². The lowest BCUT2D eigenvalue weighted by Crippen LogP contribution is -2.53. The van der Waals surface area contributed by atoms with Gasteiger partial charge in [0.15, 0.2) is 6.61 Å². The highest BCUT2D eigenvalue weighted by atomic mass is 35.5. The number of nitrogens with zero attached hydrogens (tertiary/aromatic N) is 1. The fourth-order valence-corrected chi connectivity index (χ4v) is 4.13. The van der Waals surface area contributed by atoms with Crippen LogP contribution in [0.1, 0.15) is 31.4 Å². The van der Waals surface area contributed by atoms with E-state index in [1.54, 1.807) is 49.5 Å². The van der Waals surface area contributed by atoms with Gasteiger partial charge < -0.3 is 24.4 Å². The molecule has 0 radical (unpaired) electrons. The molecule has 0 saturated heterocycles. The van der Waals surface area contributed by atoms with Crippen LogP contribution in [0.2, 0.25) is 5.02 Å². The Bertz CT molecular complexity index is 1180. The van der Waals surface area contributed by atoms with Crippen LogP contribution in [0, 0.1) is 0 Å². The van der Waals surface area contributed by atoms with Crippen molar-refractivity contribution in [2.45, 2.75) is 45.3 Å². The van der Waals surface area contributed by atoms with Gasteiger partial charge in [-0.2, -0.15) is 0 Å². The molecule has 0 bridgehead atoms. The second-order valence-electron chi connectivity index (χ2n) is 9.01. The molecule has 0 saturated carbocycles. The molecule has 0 aliphatic rings. The minimum absolute atomic E-state index is 0.0376. The van der Waals surface area contributed by atoms with E-state index < -0.39 is 6.04 Å². The summed E-state index contributed by atoms with van der Waals surface area (Å²) in [5.74, 6) is 0.935. The monoisotopic (exact) mass is 538 g/mol. The minimum atomic E-state index is -0.763. The van der Waals surface area contributed by atoms with Crippen LogP contribution in [0.4, 0.5) is 0 Å². The van der Waals surface area contributed by atoms with E-state index in [1.165, 1.54) is 0 Å². The van der Waals surface area contributed by atoms with Crippen LogP contribution < -0.4 is 19.5 Å². The molecule has 0 aliphatic heterocycles. The number of carbonyl (C=O) groups is 2. The number of nitrogens with one attached hydrogen (secondary N) is 1. The van der Waals surface area contributed by atoms with Gasteiger partial charge in [0.25, 0.3) is 5.91 Å². The molecule has 7 nitrogen and oxygen atoms in total. The summed E-state index contributed by atoms with van der Waals surface area (Å²) < 4.78 is 16.5. The largest absolute Gasteiger partial charge is 0.496 e. The maximum atomic E-state index is 13.7. The first kappa shape index (κ1) is 28.9. The normalized spacial score (nSPS) is 12.2. The predicted octanol–water partition coefficient (Wildman–Crippen LogP) is 5.29. The molecule has 202 valence electrons. The molecular formula is C30H35ClN2O5. The Balaban J connectivity index is 1.93. The quantitative estimate of drug-likeness (QED) is 0.320. The third-order valence-electron chi connectivity index (χ3n) is 6.20. The number of rotatable bonds is 13. The Morgan fingerprint density at radius 2 is 1.53 bits per heavy atom. The molecule has 1 N–H and O–H groups in total. The summed E-state index contributed by atoms with van der Waals surface area (Å²) in [6.45, 7) is 3.86. The molecular weight excluding hydrogens is 504 g/mol. The average Bonchev–Trinajstić information content (AvgIpc) is 2.93. The number of ether oxygens (including phenoxy) is 3. The lowest BCUT2D eigenvalue weighted by molar-refractivity contribution is -0.143. The van der Waals surface area contributed by atoms with E-state index in [4.69, 9.17) is 25.8 Å². The highest BCUT2D eigenvalue weighted by Crippen LogP contribution is 2.27. The summed E-state index contributed by atoms with van der Waals surface area (Å²) in [7, 11) is 3.08. The lowest BCUT2D eigenvalue weighted by atomic mass is 10.0. The Hall–Kier alpha value is -3.71. The molecule has 0 spiro atoms. The van der Waals surface area contributed by atoms with E-state index >= 15 is 0 Å². The molecule has 38 heavy (non-hydrogen) atoms. The van der Waals surface area contributed by atoms with Gasteiger partial charge in [0.2, 0.25) is 5.91 Å². The number of amides is 2. The first-order valence-corrected chi connectivity index (χ1v) is 12.9. The molecule has 0 heterocycles. The van der Waals surface area contributed by atoms with E-state index in [-0.39, 0.29) is 31.0 Å². The predicted molar refractivity (Wildman–Crippen MR) is 149 cm³/mol. The van der Waals surface area contributed by atoms with E-state index in [0.29, 0.717) is 28.7 Å². The molecule has 0 aromatic heterocycles. The Morgan fingerprint density at radius 1 is 0.895 bits per heavy atom. The minimum Gasteiger partial charge on any atom is -0.496 e. The highest BCUT2D eigenvalue weighted by Gasteiger charge is 2.31. The van der Waals surface area contributed by atoms with Crippen LogP contribution in [0.3, 0.4) is 0 Å². The maximum absolute atomic E-state index is 13.7. The van der Waals surface area contributed by atoms with Crippen molar-refractivity contribution in [1.82, 2.24) is 10.2 Å². The fraction of sp³-hybridized carbons (Fsp3) is 0.333. The number of hydrogen-bond acceptors (Lipinski definition) is 5. The molecule has 0 aliphatic carbocycles. The standard InChI is InChI=1S/C30H35ClN2O5/c1-5-21(2)32-30(35)28(15-22-10-7-6-8-11-22)33(19-23-12-9-13-24(31)14-23)29(34)20-38-27-17-25(36-3)16-26(18-27)37-4/h6-14,16-18,21,28H,5,15,19-20H2,1-4H3,(H,32,35). The number of methoxy groups -OCH3 is 2. The second-order valence-corrected chi connectivity index (χ2v) is 9.45. The maximum Gasteiger partial charge on any atom is 0.261 e. The van der Waals surface area contributed by atoms with Gasteiger partial charge in [-0.15, -0.1) is 0 Å². The van der Waals surface area contributed by atoms with Gasteiger partial charge in [-0.3, -0.25) is 9.59 Å². The van der Waals surface area contributed by atoms with Crippen LogP contribution in [0.15, 0.2) is 72.8 Å². The summed E-state index contributed by atoms with van der Waals surface area (Å²) in [4.78, 5) is 28.9. The Kier molecular flexibility index (Phi) is 10.8. The average molecular weight is 539 g/mol. The number of benzene rings is 3. The first-order valence-electron chi connectivity index (χ1n) is 12.6. The molecule has 3 rings (SSSR count). The van der Waals surface area contributed by atoms with Crippen molar-refractivity contribution in [3.05, 3.63) is 88.9 Å². The zero-order chi connectivity index (χ0) is 27.5. The fourth-order valence-electron chi connectivity index (χ4n) is 3.92. The molecule has 0 fully saturated rings. The number of hydrogen-bond donors (Lipinski definition) is 1. The molecule has 3 aromatic carbocycles. The smallest absolute Gasteiger partial charge is 0.261 e. The molecule has 2 unspecified atom stereocenters. The lowest BCUT2D eigenvalue weighted by Gasteiger charge is -2.32. The van der Waals surface area contributed by atoms with Crippen LogP contribution in [-0.2, 0) is 22.6 Å². The zero-order valence-electron chi connectivity index (χ0n) is 22.3. The van der Waals surface area contributed by atoms with Gasteiger partial charge >= 0.3 is 0 Å². The second kappa shape index (κ2) is 14.3. The van der Waals surface area contributed by atoms with Gasteiger partial charge in [-0.05, 0) is 36.6 Å². The van der Waals surface area contributed by atoms with Crippen molar-refractivity contribution in [3.63, 3.8) is 0 Å². The van der Waals surface area contributed by atoms with Gasteiger partial charge in [0.1, 0.15) is 23.3 Å². The van der Waals surface area contributed by atoms with Crippen molar-refractivity contribution in [2.24, 2.45) is 0 Å². The molecule has 2 amide bonds. The summed E-state index contributed by atoms with van der Waals surface area (Å²) >= 11 is 6.23. The van der Waals surface area contributed by atoms with Crippen molar-refractivity contribution in [1.29, 1.82) is 0 Å². The Labute approximate surface area is 229 Å². The molecule has 3 aromatic rings. The van der Waals surface area contributed by atoms with Gasteiger partial charge in [-0.1, -0.05) is 61.0 Å². The van der Waals surface area contributed by atoms with Crippen LogP contribution >= 0.6 is 11.6 Å². The van der Waals surface area contributed by atoms with Crippen LogP contribution in [0.25, 0.3) is 0 Å². The van der Waals surface area contributed by atoms with Crippen LogP contribution in [-0.4, -0.2) is 49.6 Å². The summed E-state index contributed by atoms with van der Waals surface area (Å²) in [6, 6.07) is 21.2. The SMILES string of the molecule is CCC(C)NC(=O)C(Cc1ccccc1)N(Cc1cccc(Cl)c1)C(=O)COc1cc(OC)cc(OC)c1. The third-order valence-corrected chi connectivity index (χ3v) is 6.44. The number of halogens is 1. The van der Waals surface area contributed by atoms with E-state index in [9.17, 15) is 9.59 Å². The van der Waals surface area contributed by atoms with Crippen molar-refractivity contribution in [3.8, 4) is 17.2 Å². The van der Waals surface area contributed by atoms with Crippen molar-refractivity contribution in [2.75, 3.05) is 20.8 Å². The van der Waals surface area contributed by atoms with E-state index in [1.807, 2.05) is 56.3 Å². The third kappa shape index (κ3) is 8.42. The van der Waals surface area contributed by atoms with Crippen molar-refractivity contribution < 1.29 is 23.8 Å². The first-order chi connectivity index (χ1) is 18.3. The molecule has 2 atom stereocenters. The summed E-state index contributed by atoms with van der Waals surface area (Å²) in [6.07, 6.45) is 1.12.